The molecule has 182 valence electrons. The zero-order valence-electron chi connectivity index (χ0n) is 20.1. The van der Waals surface area contributed by atoms with Crippen molar-refractivity contribution in [2.45, 2.75) is 32.5 Å². The number of hydrogen-bond donors (Lipinski definition) is 0. The fraction of sp³-hybridized carbons (Fsp3) is 0.194. The van der Waals surface area contributed by atoms with Gasteiger partial charge in [-0.05, 0) is 34.4 Å². The normalized spacial score (nSPS) is 11.7. The van der Waals surface area contributed by atoms with Gasteiger partial charge in [0.1, 0.15) is 19.0 Å². The average Bonchev–Trinajstić information content (AvgIpc) is 2.91. The molecule has 5 heteroatoms. The summed E-state index contributed by atoms with van der Waals surface area (Å²) in [7, 11) is 0. The molecule has 4 rings (SSSR count). The Bertz CT molecular complexity index is 1280. The Balaban J connectivity index is 1.65. The summed E-state index contributed by atoms with van der Waals surface area (Å²) in [6.45, 7) is 1.50. The second-order valence-corrected chi connectivity index (χ2v) is 8.78. The lowest BCUT2D eigenvalue weighted by Crippen LogP contribution is -2.34. The summed E-state index contributed by atoms with van der Waals surface area (Å²) >= 11 is 0. The SMILES string of the molecule is CC(=O)C[C@@H](c1ccc2ccccc2c1)C(C(=O)OCc1ccccc1)C(=O)OCc1ccccc1. The van der Waals surface area contributed by atoms with Crippen molar-refractivity contribution in [2.75, 3.05) is 0 Å². The first-order chi connectivity index (χ1) is 17.5. The van der Waals surface area contributed by atoms with Gasteiger partial charge < -0.3 is 14.3 Å². The number of carbonyl (C=O) groups is 3. The van der Waals surface area contributed by atoms with Crippen LogP contribution >= 0.6 is 0 Å². The third kappa shape index (κ3) is 6.45. The molecule has 0 amide bonds. The van der Waals surface area contributed by atoms with Crippen LogP contribution in [0.3, 0.4) is 0 Å². The minimum atomic E-state index is -1.29. The fourth-order valence-corrected chi connectivity index (χ4v) is 4.24. The second-order valence-electron chi connectivity index (χ2n) is 8.78. The Morgan fingerprint density at radius 3 is 1.67 bits per heavy atom. The molecule has 36 heavy (non-hydrogen) atoms. The van der Waals surface area contributed by atoms with Crippen molar-refractivity contribution in [2.24, 2.45) is 5.92 Å². The van der Waals surface area contributed by atoms with Gasteiger partial charge in [0, 0.05) is 12.3 Å². The molecule has 4 aromatic rings. The number of hydrogen-bond acceptors (Lipinski definition) is 5. The number of benzene rings is 4. The summed E-state index contributed by atoms with van der Waals surface area (Å²) in [6.07, 6.45) is 0.00385. The summed E-state index contributed by atoms with van der Waals surface area (Å²) in [5.41, 5.74) is 2.31. The van der Waals surface area contributed by atoms with Crippen molar-refractivity contribution in [3.63, 3.8) is 0 Å². The zero-order chi connectivity index (χ0) is 25.3. The number of ether oxygens (including phenoxy) is 2. The highest BCUT2D eigenvalue weighted by Gasteiger charge is 2.39. The van der Waals surface area contributed by atoms with Gasteiger partial charge in [-0.15, -0.1) is 0 Å². The van der Waals surface area contributed by atoms with E-state index < -0.39 is 23.8 Å². The molecule has 0 aromatic heterocycles. The lowest BCUT2D eigenvalue weighted by atomic mass is 9.81. The van der Waals surface area contributed by atoms with Gasteiger partial charge in [0.15, 0.2) is 5.92 Å². The molecule has 0 aliphatic carbocycles. The van der Waals surface area contributed by atoms with Crippen LogP contribution in [-0.4, -0.2) is 17.7 Å². The summed E-state index contributed by atoms with van der Waals surface area (Å²) in [5.74, 6) is -3.57. The van der Waals surface area contributed by atoms with Gasteiger partial charge in [0.05, 0.1) is 0 Å². The number of fused-ring (bicyclic) bond motifs is 1. The Labute approximate surface area is 210 Å². The van der Waals surface area contributed by atoms with E-state index in [-0.39, 0.29) is 25.4 Å². The maximum Gasteiger partial charge on any atom is 0.321 e. The van der Waals surface area contributed by atoms with Crippen LogP contribution in [0, 0.1) is 5.92 Å². The first-order valence-corrected chi connectivity index (χ1v) is 11.9. The van der Waals surface area contributed by atoms with Crippen LogP contribution in [-0.2, 0) is 37.1 Å². The minimum absolute atomic E-state index is 0.00385. The smallest absolute Gasteiger partial charge is 0.321 e. The van der Waals surface area contributed by atoms with Crippen molar-refractivity contribution < 1.29 is 23.9 Å². The van der Waals surface area contributed by atoms with E-state index in [1.807, 2.05) is 103 Å². The van der Waals surface area contributed by atoms with E-state index in [0.29, 0.717) is 5.56 Å². The summed E-state index contributed by atoms with van der Waals surface area (Å²) < 4.78 is 11.2. The van der Waals surface area contributed by atoms with Crippen LogP contribution in [0.15, 0.2) is 103 Å². The molecule has 0 N–H and O–H groups in total. The van der Waals surface area contributed by atoms with Crippen molar-refractivity contribution in [3.8, 4) is 0 Å². The minimum Gasteiger partial charge on any atom is -0.460 e. The molecule has 0 saturated heterocycles. The Morgan fingerprint density at radius 2 is 1.14 bits per heavy atom. The van der Waals surface area contributed by atoms with Crippen LogP contribution in [0.4, 0.5) is 0 Å². The van der Waals surface area contributed by atoms with E-state index in [0.717, 1.165) is 21.9 Å². The van der Waals surface area contributed by atoms with Crippen molar-refractivity contribution in [1.29, 1.82) is 0 Å². The van der Waals surface area contributed by atoms with Crippen molar-refractivity contribution in [3.05, 3.63) is 120 Å². The lowest BCUT2D eigenvalue weighted by molar-refractivity contribution is -0.165. The molecule has 0 aliphatic rings. The lowest BCUT2D eigenvalue weighted by Gasteiger charge is -2.24. The number of esters is 2. The van der Waals surface area contributed by atoms with Gasteiger partial charge in [-0.2, -0.15) is 0 Å². The van der Waals surface area contributed by atoms with Crippen molar-refractivity contribution in [1.82, 2.24) is 0 Å². The molecule has 5 nitrogen and oxygen atoms in total. The van der Waals surface area contributed by atoms with Crippen LogP contribution < -0.4 is 0 Å². The summed E-state index contributed by atoms with van der Waals surface area (Å²) in [6, 6.07) is 32.0. The molecule has 0 bridgehead atoms. The molecule has 1 atom stereocenters. The average molecular weight is 481 g/mol. The summed E-state index contributed by atoms with van der Waals surface area (Å²) in [5, 5.41) is 1.98. The molecular weight excluding hydrogens is 452 g/mol. The number of carbonyl (C=O) groups excluding carboxylic acids is 3. The van der Waals surface area contributed by atoms with E-state index in [2.05, 4.69) is 0 Å². The third-order valence-electron chi connectivity index (χ3n) is 6.07. The third-order valence-corrected chi connectivity index (χ3v) is 6.07. The maximum absolute atomic E-state index is 13.4. The van der Waals surface area contributed by atoms with Crippen LogP contribution in [0.5, 0.6) is 0 Å². The predicted molar refractivity (Wildman–Crippen MR) is 138 cm³/mol. The predicted octanol–water partition coefficient (Wildman–Crippen LogP) is 6.01. The van der Waals surface area contributed by atoms with E-state index in [4.69, 9.17) is 9.47 Å². The molecule has 0 unspecified atom stereocenters. The zero-order valence-corrected chi connectivity index (χ0v) is 20.1. The highest BCUT2D eigenvalue weighted by Crippen LogP contribution is 2.33. The molecule has 4 aromatic carbocycles. The van der Waals surface area contributed by atoms with Crippen molar-refractivity contribution >= 4 is 28.5 Å². The number of rotatable bonds is 10. The molecule has 0 saturated carbocycles. The first kappa shape index (κ1) is 24.9. The summed E-state index contributed by atoms with van der Waals surface area (Å²) in [4.78, 5) is 39.1. The van der Waals surface area contributed by atoms with Gasteiger partial charge in [-0.1, -0.05) is 103 Å². The van der Waals surface area contributed by atoms with Gasteiger partial charge >= 0.3 is 11.9 Å². The quantitative estimate of drug-likeness (QED) is 0.206. The van der Waals surface area contributed by atoms with Gasteiger partial charge in [0.25, 0.3) is 0 Å². The highest BCUT2D eigenvalue weighted by molar-refractivity contribution is 5.97. The number of Topliss-reactive ketones (excluding diaryl/α,β-unsaturated/α-hetero) is 1. The maximum atomic E-state index is 13.4. The topological polar surface area (TPSA) is 69.7 Å². The monoisotopic (exact) mass is 480 g/mol. The fourth-order valence-electron chi connectivity index (χ4n) is 4.24. The van der Waals surface area contributed by atoms with Gasteiger partial charge in [-0.3, -0.25) is 9.59 Å². The van der Waals surface area contributed by atoms with Crippen LogP contribution in [0.1, 0.15) is 36.0 Å². The molecular formula is C31H28O5. The van der Waals surface area contributed by atoms with Gasteiger partial charge in [-0.25, -0.2) is 0 Å². The highest BCUT2D eigenvalue weighted by atomic mass is 16.6. The molecule has 0 spiro atoms. The second kappa shape index (κ2) is 11.9. The standard InChI is InChI=1S/C31H28O5/c1-22(32)18-28(27-17-16-25-14-8-9-15-26(25)19-27)29(30(33)35-20-23-10-4-2-5-11-23)31(34)36-21-24-12-6-3-7-13-24/h2-17,19,28-29H,18,20-21H2,1H3/t28-/m0/s1. The Kier molecular flexibility index (Phi) is 8.24. The Hall–Kier alpha value is -4.25. The van der Waals surface area contributed by atoms with Crippen LogP contribution in [0.25, 0.3) is 10.8 Å². The van der Waals surface area contributed by atoms with E-state index in [9.17, 15) is 14.4 Å². The number of ketones is 1. The van der Waals surface area contributed by atoms with E-state index in [1.165, 1.54) is 6.92 Å². The first-order valence-electron chi connectivity index (χ1n) is 11.9. The molecule has 0 radical (unpaired) electrons. The molecule has 0 fully saturated rings. The van der Waals surface area contributed by atoms with Gasteiger partial charge in [0.2, 0.25) is 0 Å². The molecule has 0 heterocycles. The Morgan fingerprint density at radius 1 is 0.639 bits per heavy atom. The molecule has 0 aliphatic heterocycles. The van der Waals surface area contributed by atoms with E-state index in [1.54, 1.807) is 0 Å². The van der Waals surface area contributed by atoms with Crippen LogP contribution in [0.2, 0.25) is 0 Å². The largest absolute Gasteiger partial charge is 0.460 e. The van der Waals surface area contributed by atoms with E-state index >= 15 is 0 Å².